The molecule has 0 aliphatic rings. The molecule has 7 nitrogen and oxygen atoms in total. The van der Waals surface area contributed by atoms with Crippen molar-refractivity contribution in [3.63, 3.8) is 0 Å². The van der Waals surface area contributed by atoms with Gasteiger partial charge in [0.1, 0.15) is 35.9 Å². The molecular formula is C28H27F2IN4O3. The van der Waals surface area contributed by atoms with Crippen LogP contribution in [0.5, 0.6) is 5.75 Å². The van der Waals surface area contributed by atoms with Crippen molar-refractivity contribution < 1.29 is 23.4 Å². The number of rotatable bonds is 10. The molecule has 0 fully saturated rings. The third-order valence-electron chi connectivity index (χ3n) is 6.17. The second-order valence-corrected chi connectivity index (χ2v) is 9.98. The van der Waals surface area contributed by atoms with E-state index < -0.39 is 29.6 Å². The van der Waals surface area contributed by atoms with Crippen LogP contribution in [0.25, 0.3) is 11.3 Å². The van der Waals surface area contributed by atoms with E-state index in [9.17, 15) is 13.6 Å². The van der Waals surface area contributed by atoms with Gasteiger partial charge in [-0.25, -0.2) is 13.8 Å². The SMILES string of the molecule is C[C@@H](c1ccccc1)[C@H](NC(=O)[C@H](N)c1ccc(OCCO)cc1)c1ncc(-c2c(F)cc(I)cc2F)[nH]1. The molecule has 5 N–H and O–H groups in total. The van der Waals surface area contributed by atoms with Crippen LogP contribution < -0.4 is 15.8 Å². The zero-order valence-electron chi connectivity index (χ0n) is 20.5. The summed E-state index contributed by atoms with van der Waals surface area (Å²) < 4.78 is 35.1. The smallest absolute Gasteiger partial charge is 0.242 e. The first-order valence-corrected chi connectivity index (χ1v) is 13.0. The third kappa shape index (κ3) is 6.37. The fourth-order valence-electron chi connectivity index (χ4n) is 4.13. The Kier molecular flexibility index (Phi) is 9.08. The summed E-state index contributed by atoms with van der Waals surface area (Å²) in [6, 6.07) is 17.0. The number of imidazole rings is 1. The second-order valence-electron chi connectivity index (χ2n) is 8.73. The fourth-order valence-corrected chi connectivity index (χ4v) is 4.68. The molecule has 1 heterocycles. The topological polar surface area (TPSA) is 113 Å². The van der Waals surface area contributed by atoms with Gasteiger partial charge in [0.15, 0.2) is 0 Å². The number of amides is 1. The minimum Gasteiger partial charge on any atom is -0.491 e. The van der Waals surface area contributed by atoms with Crippen molar-refractivity contribution in [3.05, 3.63) is 105 Å². The molecule has 1 amide bonds. The first-order valence-electron chi connectivity index (χ1n) is 11.9. The number of hydrogen-bond donors (Lipinski definition) is 4. The summed E-state index contributed by atoms with van der Waals surface area (Å²) in [5.74, 6) is -1.26. The summed E-state index contributed by atoms with van der Waals surface area (Å²) in [4.78, 5) is 20.7. The molecule has 3 aromatic carbocycles. The van der Waals surface area contributed by atoms with Gasteiger partial charge in [-0.3, -0.25) is 4.79 Å². The standard InChI is InChI=1S/C28H27F2IN4O3/c1-16(17-5-3-2-4-6-17)26(27-33-15-23(34-27)24-21(29)13-19(31)14-22(24)30)35-28(37)25(32)18-7-9-20(10-8-18)38-12-11-36/h2-10,13-16,25-26,36H,11-12,32H2,1H3,(H,33,34)(H,35,37)/t16-,25+,26-/m0/s1. The van der Waals surface area contributed by atoms with Gasteiger partial charge in [-0.15, -0.1) is 0 Å². The van der Waals surface area contributed by atoms with Gasteiger partial charge in [0.25, 0.3) is 0 Å². The highest BCUT2D eigenvalue weighted by atomic mass is 127. The molecule has 0 saturated heterocycles. The molecule has 38 heavy (non-hydrogen) atoms. The number of nitrogens with two attached hydrogens (primary N) is 1. The summed E-state index contributed by atoms with van der Waals surface area (Å²) in [5.41, 5.74) is 7.72. The number of aromatic amines is 1. The van der Waals surface area contributed by atoms with Crippen LogP contribution in [0, 0.1) is 15.2 Å². The lowest BCUT2D eigenvalue weighted by Crippen LogP contribution is -2.39. The number of nitrogens with zero attached hydrogens (tertiary/aromatic N) is 1. The van der Waals surface area contributed by atoms with Gasteiger partial charge in [-0.1, -0.05) is 49.4 Å². The number of H-pyrrole nitrogens is 1. The van der Waals surface area contributed by atoms with Crippen LogP contribution in [-0.4, -0.2) is 34.2 Å². The maximum absolute atomic E-state index is 14.6. The number of aliphatic hydroxyl groups is 1. The van der Waals surface area contributed by atoms with Crippen molar-refractivity contribution >= 4 is 28.5 Å². The Labute approximate surface area is 232 Å². The van der Waals surface area contributed by atoms with E-state index in [0.717, 1.165) is 5.56 Å². The Bertz CT molecular complexity index is 1360. The second kappa shape index (κ2) is 12.5. The normalized spacial score (nSPS) is 13.5. The number of hydrogen-bond acceptors (Lipinski definition) is 5. The van der Waals surface area contributed by atoms with Crippen molar-refractivity contribution in [2.24, 2.45) is 5.73 Å². The minimum atomic E-state index is -0.993. The Hall–Kier alpha value is -3.35. The molecule has 0 aliphatic heterocycles. The monoisotopic (exact) mass is 632 g/mol. The molecule has 4 rings (SSSR count). The van der Waals surface area contributed by atoms with Crippen molar-refractivity contribution in [2.75, 3.05) is 13.2 Å². The van der Waals surface area contributed by atoms with E-state index in [4.69, 9.17) is 15.6 Å². The average molecular weight is 632 g/mol. The number of carbonyl (C=O) groups is 1. The molecule has 0 aliphatic carbocycles. The zero-order chi connectivity index (χ0) is 27.2. The molecule has 3 atom stereocenters. The van der Waals surface area contributed by atoms with E-state index in [1.807, 2.05) is 59.8 Å². The van der Waals surface area contributed by atoms with Crippen LogP contribution in [-0.2, 0) is 4.79 Å². The van der Waals surface area contributed by atoms with Crippen molar-refractivity contribution in [1.29, 1.82) is 0 Å². The van der Waals surface area contributed by atoms with Crippen LogP contribution in [0.4, 0.5) is 8.78 Å². The Morgan fingerprint density at radius 1 is 1.11 bits per heavy atom. The zero-order valence-corrected chi connectivity index (χ0v) is 22.7. The molecule has 10 heteroatoms. The maximum atomic E-state index is 14.6. The predicted molar refractivity (Wildman–Crippen MR) is 148 cm³/mol. The summed E-state index contributed by atoms with van der Waals surface area (Å²) in [5, 5.41) is 11.9. The lowest BCUT2D eigenvalue weighted by atomic mass is 9.92. The summed E-state index contributed by atoms with van der Waals surface area (Å²) in [6.07, 6.45) is 1.35. The van der Waals surface area contributed by atoms with E-state index >= 15 is 0 Å². The quantitative estimate of drug-likeness (QED) is 0.184. The van der Waals surface area contributed by atoms with Gasteiger partial charge < -0.3 is 25.9 Å². The number of halogens is 3. The molecule has 1 aromatic heterocycles. The summed E-state index contributed by atoms with van der Waals surface area (Å²) >= 11 is 1.85. The van der Waals surface area contributed by atoms with Gasteiger partial charge in [-0.2, -0.15) is 0 Å². The molecule has 4 aromatic rings. The number of ether oxygens (including phenoxy) is 1. The van der Waals surface area contributed by atoms with Gasteiger partial charge in [0, 0.05) is 9.49 Å². The van der Waals surface area contributed by atoms with Crippen LogP contribution in [0.15, 0.2) is 72.9 Å². The van der Waals surface area contributed by atoms with Crippen LogP contribution in [0.2, 0.25) is 0 Å². The highest BCUT2D eigenvalue weighted by molar-refractivity contribution is 14.1. The largest absolute Gasteiger partial charge is 0.491 e. The van der Waals surface area contributed by atoms with Gasteiger partial charge in [-0.05, 0) is 58.0 Å². The van der Waals surface area contributed by atoms with Crippen LogP contribution in [0.3, 0.4) is 0 Å². The van der Waals surface area contributed by atoms with Crippen molar-refractivity contribution in [2.45, 2.75) is 24.9 Å². The first-order chi connectivity index (χ1) is 18.3. The van der Waals surface area contributed by atoms with Crippen molar-refractivity contribution in [1.82, 2.24) is 15.3 Å². The molecule has 0 bridgehead atoms. The summed E-state index contributed by atoms with van der Waals surface area (Å²) in [7, 11) is 0. The van der Waals surface area contributed by atoms with E-state index in [-0.39, 0.29) is 30.4 Å². The fraction of sp³-hybridized carbons (Fsp3) is 0.214. The lowest BCUT2D eigenvalue weighted by molar-refractivity contribution is -0.123. The molecule has 0 saturated carbocycles. The number of aliphatic hydroxyl groups excluding tert-OH is 1. The first kappa shape index (κ1) is 27.7. The Balaban J connectivity index is 1.62. The minimum absolute atomic E-state index is 0.109. The Morgan fingerprint density at radius 2 is 1.76 bits per heavy atom. The van der Waals surface area contributed by atoms with Gasteiger partial charge in [0.05, 0.1) is 30.1 Å². The third-order valence-corrected chi connectivity index (χ3v) is 6.79. The van der Waals surface area contributed by atoms with E-state index in [1.165, 1.54) is 18.3 Å². The molecule has 198 valence electrons. The Morgan fingerprint density at radius 3 is 2.39 bits per heavy atom. The molecule has 0 radical (unpaired) electrons. The number of aromatic nitrogens is 2. The highest BCUT2D eigenvalue weighted by Crippen LogP contribution is 2.33. The average Bonchev–Trinajstić information content (AvgIpc) is 3.39. The van der Waals surface area contributed by atoms with Gasteiger partial charge in [0.2, 0.25) is 5.91 Å². The highest BCUT2D eigenvalue weighted by Gasteiger charge is 2.29. The van der Waals surface area contributed by atoms with Gasteiger partial charge >= 0.3 is 0 Å². The van der Waals surface area contributed by atoms with E-state index in [1.54, 1.807) is 24.3 Å². The van der Waals surface area contributed by atoms with E-state index in [0.29, 0.717) is 20.7 Å². The van der Waals surface area contributed by atoms with Crippen LogP contribution >= 0.6 is 22.6 Å². The molecular weight excluding hydrogens is 605 g/mol. The molecule has 0 unspecified atom stereocenters. The van der Waals surface area contributed by atoms with Crippen LogP contribution in [0.1, 0.15) is 41.9 Å². The molecule has 0 spiro atoms. The lowest BCUT2D eigenvalue weighted by Gasteiger charge is -2.25. The predicted octanol–water partition coefficient (Wildman–Crippen LogP) is 4.99. The number of benzene rings is 3. The number of nitrogens with one attached hydrogen (secondary N) is 2. The van der Waals surface area contributed by atoms with E-state index in [2.05, 4.69) is 15.3 Å². The van der Waals surface area contributed by atoms with Crippen molar-refractivity contribution in [3.8, 4) is 17.0 Å². The maximum Gasteiger partial charge on any atom is 0.242 e. The summed E-state index contributed by atoms with van der Waals surface area (Å²) in [6.45, 7) is 1.97. The number of carbonyl (C=O) groups excluding carboxylic acids is 1.